The van der Waals surface area contributed by atoms with Crippen LogP contribution in [-0.4, -0.2) is 15.3 Å². The second-order valence-electron chi connectivity index (χ2n) is 5.80. The van der Waals surface area contributed by atoms with Gasteiger partial charge in [-0.05, 0) is 72.3 Å². The van der Waals surface area contributed by atoms with E-state index in [0.717, 1.165) is 16.8 Å². The number of aromatic amines is 1. The number of nitrogens with one attached hydrogen (secondary N) is 1. The summed E-state index contributed by atoms with van der Waals surface area (Å²) in [5.41, 5.74) is 3.18. The Bertz CT molecular complexity index is 1020. The molecule has 128 valence electrons. The zero-order valence-corrected chi connectivity index (χ0v) is 13.7. The molecule has 4 aromatic rings. The zero-order chi connectivity index (χ0) is 17.9. The van der Waals surface area contributed by atoms with Crippen LogP contribution in [0.2, 0.25) is 0 Å². The van der Waals surface area contributed by atoms with E-state index in [0.29, 0.717) is 17.2 Å². The van der Waals surface area contributed by atoms with Crippen LogP contribution >= 0.6 is 0 Å². The Balaban J connectivity index is 1.53. The summed E-state index contributed by atoms with van der Waals surface area (Å²) >= 11 is 0. The van der Waals surface area contributed by atoms with Gasteiger partial charge in [0.25, 0.3) is 0 Å². The maximum atomic E-state index is 13.4. The molecule has 0 radical (unpaired) electrons. The molecule has 0 aliphatic rings. The molecule has 0 fully saturated rings. The van der Waals surface area contributed by atoms with Gasteiger partial charge < -0.3 is 9.84 Å². The Kier molecular flexibility index (Phi) is 4.11. The number of rotatable bonds is 4. The molecular formula is C21H15FN2O2. The van der Waals surface area contributed by atoms with Crippen LogP contribution in [0.25, 0.3) is 22.5 Å². The summed E-state index contributed by atoms with van der Waals surface area (Å²) < 4.78 is 19.1. The number of halogens is 1. The summed E-state index contributed by atoms with van der Waals surface area (Å²) in [5.74, 6) is 1.23. The fourth-order valence-electron chi connectivity index (χ4n) is 2.62. The van der Waals surface area contributed by atoms with E-state index < -0.39 is 0 Å². The Morgan fingerprint density at radius 3 is 2.19 bits per heavy atom. The van der Waals surface area contributed by atoms with Crippen molar-refractivity contribution in [1.29, 1.82) is 0 Å². The monoisotopic (exact) mass is 346 g/mol. The molecule has 1 heterocycles. The van der Waals surface area contributed by atoms with Gasteiger partial charge in [0.2, 0.25) is 0 Å². The maximum Gasteiger partial charge on any atom is 0.127 e. The van der Waals surface area contributed by atoms with E-state index in [1.807, 2.05) is 36.4 Å². The molecular weight excluding hydrogens is 331 g/mol. The lowest BCUT2D eigenvalue weighted by Gasteiger charge is -2.06. The quantitative estimate of drug-likeness (QED) is 0.521. The van der Waals surface area contributed by atoms with Crippen LogP contribution in [0.4, 0.5) is 4.39 Å². The average Bonchev–Trinajstić information content (AvgIpc) is 3.14. The Hall–Kier alpha value is -3.60. The third-order valence-corrected chi connectivity index (χ3v) is 3.94. The topological polar surface area (TPSA) is 58.1 Å². The predicted octanol–water partition coefficient (Wildman–Crippen LogP) is 5.38. The van der Waals surface area contributed by atoms with Gasteiger partial charge in [-0.1, -0.05) is 12.1 Å². The molecule has 0 amide bonds. The molecule has 1 aromatic heterocycles. The summed E-state index contributed by atoms with van der Waals surface area (Å²) in [6, 6.07) is 22.3. The van der Waals surface area contributed by atoms with Crippen molar-refractivity contribution in [3.63, 3.8) is 0 Å². The molecule has 2 N–H and O–H groups in total. The first-order valence-electron chi connectivity index (χ1n) is 8.06. The molecule has 0 atom stereocenters. The van der Waals surface area contributed by atoms with Crippen molar-refractivity contribution >= 4 is 0 Å². The summed E-state index contributed by atoms with van der Waals surface area (Å²) in [7, 11) is 0. The minimum Gasteiger partial charge on any atom is -0.508 e. The lowest BCUT2D eigenvalue weighted by atomic mass is 10.1. The van der Waals surface area contributed by atoms with Crippen LogP contribution < -0.4 is 4.74 Å². The molecule has 4 nitrogen and oxygen atoms in total. The number of benzene rings is 3. The maximum absolute atomic E-state index is 13.4. The number of H-pyrrole nitrogens is 1. The van der Waals surface area contributed by atoms with Crippen molar-refractivity contribution in [2.45, 2.75) is 0 Å². The van der Waals surface area contributed by atoms with Gasteiger partial charge >= 0.3 is 0 Å². The van der Waals surface area contributed by atoms with Crippen LogP contribution in [-0.2, 0) is 0 Å². The van der Waals surface area contributed by atoms with E-state index >= 15 is 0 Å². The highest BCUT2D eigenvalue weighted by Crippen LogP contribution is 2.28. The van der Waals surface area contributed by atoms with Crippen LogP contribution in [0, 0.1) is 5.82 Å². The van der Waals surface area contributed by atoms with Crippen molar-refractivity contribution in [1.82, 2.24) is 10.2 Å². The van der Waals surface area contributed by atoms with Gasteiger partial charge in [-0.25, -0.2) is 4.39 Å². The molecule has 0 saturated heterocycles. The van der Waals surface area contributed by atoms with E-state index in [4.69, 9.17) is 4.74 Å². The van der Waals surface area contributed by atoms with Gasteiger partial charge in [-0.3, -0.25) is 5.10 Å². The van der Waals surface area contributed by atoms with Gasteiger partial charge in [-0.15, -0.1) is 0 Å². The second-order valence-corrected chi connectivity index (χ2v) is 5.80. The van der Waals surface area contributed by atoms with Crippen molar-refractivity contribution in [2.24, 2.45) is 0 Å². The van der Waals surface area contributed by atoms with E-state index in [-0.39, 0.29) is 11.6 Å². The Morgan fingerprint density at radius 2 is 1.50 bits per heavy atom. The molecule has 0 aliphatic heterocycles. The molecule has 3 aromatic carbocycles. The average molecular weight is 346 g/mol. The number of nitrogens with zero attached hydrogens (tertiary/aromatic N) is 1. The SMILES string of the molecule is Oc1ccc(Oc2ccc(-c3cc(-c4cccc(F)c4)n[nH]3)cc2)cc1. The number of aromatic hydroxyl groups is 1. The lowest BCUT2D eigenvalue weighted by molar-refractivity contribution is 0.464. The number of hydrogen-bond acceptors (Lipinski definition) is 3. The number of aromatic nitrogens is 2. The second kappa shape index (κ2) is 6.72. The van der Waals surface area contributed by atoms with Crippen molar-refractivity contribution < 1.29 is 14.2 Å². The van der Waals surface area contributed by atoms with Crippen LogP contribution in [0.1, 0.15) is 0 Å². The zero-order valence-electron chi connectivity index (χ0n) is 13.7. The smallest absolute Gasteiger partial charge is 0.127 e. The first-order valence-corrected chi connectivity index (χ1v) is 8.06. The molecule has 0 spiro atoms. The van der Waals surface area contributed by atoms with Crippen LogP contribution in [0.5, 0.6) is 17.2 Å². The fourth-order valence-corrected chi connectivity index (χ4v) is 2.62. The number of hydrogen-bond donors (Lipinski definition) is 2. The molecule has 0 bridgehead atoms. The molecule has 0 aliphatic carbocycles. The minimum atomic E-state index is -0.289. The van der Waals surface area contributed by atoms with Gasteiger partial charge in [0.15, 0.2) is 0 Å². The van der Waals surface area contributed by atoms with E-state index in [2.05, 4.69) is 10.2 Å². The first-order chi connectivity index (χ1) is 12.7. The fraction of sp³-hybridized carbons (Fsp3) is 0. The Morgan fingerprint density at radius 1 is 0.808 bits per heavy atom. The largest absolute Gasteiger partial charge is 0.508 e. The highest BCUT2D eigenvalue weighted by Gasteiger charge is 2.07. The highest BCUT2D eigenvalue weighted by molar-refractivity contribution is 5.68. The third kappa shape index (κ3) is 3.42. The normalized spacial score (nSPS) is 10.7. The van der Waals surface area contributed by atoms with Gasteiger partial charge in [0.1, 0.15) is 23.1 Å². The van der Waals surface area contributed by atoms with Crippen molar-refractivity contribution in [3.8, 4) is 39.8 Å². The molecule has 26 heavy (non-hydrogen) atoms. The molecule has 4 rings (SSSR count). The van der Waals surface area contributed by atoms with E-state index in [1.54, 1.807) is 30.3 Å². The first kappa shape index (κ1) is 15.9. The molecule has 0 saturated carbocycles. The summed E-state index contributed by atoms with van der Waals surface area (Å²) in [6.45, 7) is 0. The predicted molar refractivity (Wildman–Crippen MR) is 97.6 cm³/mol. The highest BCUT2D eigenvalue weighted by atomic mass is 19.1. The summed E-state index contributed by atoms with van der Waals surface area (Å²) in [4.78, 5) is 0. The van der Waals surface area contributed by atoms with Gasteiger partial charge in [0.05, 0.1) is 11.4 Å². The number of phenolic OH excluding ortho intramolecular Hbond substituents is 1. The van der Waals surface area contributed by atoms with E-state index in [9.17, 15) is 9.50 Å². The van der Waals surface area contributed by atoms with Crippen LogP contribution in [0.15, 0.2) is 78.9 Å². The summed E-state index contributed by atoms with van der Waals surface area (Å²) in [5, 5.41) is 16.5. The van der Waals surface area contributed by atoms with Gasteiger partial charge in [-0.2, -0.15) is 5.10 Å². The molecule has 5 heteroatoms. The van der Waals surface area contributed by atoms with Crippen molar-refractivity contribution in [2.75, 3.05) is 0 Å². The minimum absolute atomic E-state index is 0.195. The van der Waals surface area contributed by atoms with E-state index in [1.165, 1.54) is 12.1 Å². The van der Waals surface area contributed by atoms with Gasteiger partial charge in [0, 0.05) is 5.56 Å². The number of ether oxygens (including phenoxy) is 1. The third-order valence-electron chi connectivity index (χ3n) is 3.94. The summed E-state index contributed by atoms with van der Waals surface area (Å²) in [6.07, 6.45) is 0. The standard InChI is InChI=1S/C21H15FN2O2/c22-16-3-1-2-15(12-16)21-13-20(23-24-21)14-4-8-18(9-5-14)26-19-10-6-17(25)7-11-19/h1-13,25H,(H,23,24). The Labute approximate surface area is 149 Å². The van der Waals surface area contributed by atoms with Crippen molar-refractivity contribution in [3.05, 3.63) is 84.7 Å². The number of phenols is 1. The van der Waals surface area contributed by atoms with Crippen LogP contribution in [0.3, 0.4) is 0 Å². The lowest BCUT2D eigenvalue weighted by Crippen LogP contribution is -1.84. The molecule has 0 unspecified atom stereocenters.